The summed E-state index contributed by atoms with van der Waals surface area (Å²) in [4.78, 5) is 0. The minimum absolute atomic E-state index is 0.366. The molecule has 1 N–H and O–H groups in total. The van der Waals surface area contributed by atoms with Gasteiger partial charge in [0.15, 0.2) is 0 Å². The van der Waals surface area contributed by atoms with Gasteiger partial charge in [-0.3, -0.25) is 0 Å². The molecule has 0 amide bonds. The Bertz CT molecular complexity index is 124. The van der Waals surface area contributed by atoms with E-state index in [1.165, 1.54) is 0 Å². The molecule has 0 heterocycles. The van der Waals surface area contributed by atoms with Gasteiger partial charge in [-0.2, -0.15) is 11.8 Å². The van der Waals surface area contributed by atoms with Crippen LogP contribution in [0.5, 0.6) is 0 Å². The van der Waals surface area contributed by atoms with Gasteiger partial charge in [-0.1, -0.05) is 20.8 Å². The van der Waals surface area contributed by atoms with Crippen molar-refractivity contribution in [3.63, 3.8) is 0 Å². The Balaban J connectivity index is 3.57. The van der Waals surface area contributed by atoms with Gasteiger partial charge in [-0.15, -0.1) is 0 Å². The van der Waals surface area contributed by atoms with Crippen LogP contribution < -0.4 is 5.32 Å². The lowest BCUT2D eigenvalue weighted by Gasteiger charge is -2.26. The average molecular weight is 189 g/mol. The second-order valence-electron chi connectivity index (χ2n) is 5.13. The van der Waals surface area contributed by atoms with Crippen LogP contribution in [0.4, 0.5) is 0 Å². The van der Waals surface area contributed by atoms with Crippen LogP contribution in [0.3, 0.4) is 0 Å². The molecular formula is C10H23NS. The highest BCUT2D eigenvalue weighted by molar-refractivity contribution is 7.99. The summed E-state index contributed by atoms with van der Waals surface area (Å²) in [5, 5.41) is 3.50. The largest absolute Gasteiger partial charge is 0.315 e. The fraction of sp³-hybridized carbons (Fsp3) is 1.00. The molecule has 0 fully saturated rings. The molecule has 0 aliphatic rings. The molecule has 0 aliphatic carbocycles. The van der Waals surface area contributed by atoms with Crippen molar-refractivity contribution in [3.8, 4) is 0 Å². The first-order valence-corrected chi connectivity index (χ1v) is 5.75. The van der Waals surface area contributed by atoms with E-state index in [-0.39, 0.29) is 0 Å². The number of rotatable bonds is 4. The van der Waals surface area contributed by atoms with Crippen molar-refractivity contribution in [3.05, 3.63) is 0 Å². The molecular weight excluding hydrogens is 166 g/mol. The maximum atomic E-state index is 3.50. The first kappa shape index (κ1) is 12.3. The van der Waals surface area contributed by atoms with Crippen molar-refractivity contribution in [2.45, 2.75) is 39.4 Å². The highest BCUT2D eigenvalue weighted by Gasteiger charge is 2.17. The van der Waals surface area contributed by atoms with Crippen LogP contribution in [0.25, 0.3) is 0 Å². The van der Waals surface area contributed by atoms with Gasteiger partial charge in [0.05, 0.1) is 0 Å². The molecule has 74 valence electrons. The van der Waals surface area contributed by atoms with Crippen LogP contribution in [0.1, 0.15) is 34.6 Å². The van der Waals surface area contributed by atoms with Gasteiger partial charge >= 0.3 is 0 Å². The first-order chi connectivity index (χ1) is 5.27. The van der Waals surface area contributed by atoms with E-state index in [4.69, 9.17) is 0 Å². The third kappa shape index (κ3) is 6.99. The van der Waals surface area contributed by atoms with Crippen molar-refractivity contribution in [1.82, 2.24) is 5.32 Å². The zero-order valence-electron chi connectivity index (χ0n) is 9.32. The summed E-state index contributed by atoms with van der Waals surface area (Å²) in [6.07, 6.45) is 2.17. The van der Waals surface area contributed by atoms with E-state index in [2.05, 4.69) is 46.2 Å². The topological polar surface area (TPSA) is 12.0 Å². The zero-order chi connectivity index (χ0) is 9.83. The van der Waals surface area contributed by atoms with E-state index < -0.39 is 0 Å². The minimum Gasteiger partial charge on any atom is -0.315 e. The van der Waals surface area contributed by atoms with E-state index in [9.17, 15) is 0 Å². The van der Waals surface area contributed by atoms with Gasteiger partial charge in [0.1, 0.15) is 0 Å². The van der Waals surface area contributed by atoms with Crippen molar-refractivity contribution >= 4 is 11.8 Å². The van der Waals surface area contributed by atoms with Crippen molar-refractivity contribution in [2.75, 3.05) is 19.3 Å². The van der Waals surface area contributed by atoms with Crippen LogP contribution in [-0.4, -0.2) is 24.1 Å². The molecule has 0 aromatic carbocycles. The predicted octanol–water partition coefficient (Wildman–Crippen LogP) is 2.76. The Kier molecular flexibility index (Phi) is 4.64. The van der Waals surface area contributed by atoms with Gasteiger partial charge in [-0.05, 0) is 25.5 Å². The summed E-state index contributed by atoms with van der Waals surface area (Å²) in [6.45, 7) is 13.5. The quantitative estimate of drug-likeness (QED) is 0.730. The van der Waals surface area contributed by atoms with Gasteiger partial charge in [0.2, 0.25) is 0 Å². The third-order valence-electron chi connectivity index (χ3n) is 1.76. The maximum absolute atomic E-state index is 3.50. The van der Waals surface area contributed by atoms with E-state index in [1.54, 1.807) is 0 Å². The normalized spacial score (nSPS) is 13.5. The molecule has 0 aromatic rings. The van der Waals surface area contributed by atoms with E-state index in [0.29, 0.717) is 10.2 Å². The Hall–Kier alpha value is 0.310. The summed E-state index contributed by atoms with van der Waals surface area (Å²) in [5.74, 6) is 0. The summed E-state index contributed by atoms with van der Waals surface area (Å²) >= 11 is 1.92. The Morgan fingerprint density at radius 2 is 1.50 bits per heavy atom. The number of hydrogen-bond acceptors (Lipinski definition) is 2. The Morgan fingerprint density at radius 3 is 1.83 bits per heavy atom. The molecule has 0 aromatic heterocycles. The number of hydrogen-bond donors (Lipinski definition) is 1. The van der Waals surface area contributed by atoms with Crippen LogP contribution in [0.15, 0.2) is 0 Å². The summed E-state index contributed by atoms with van der Waals surface area (Å²) in [6, 6.07) is 0. The number of nitrogens with one attached hydrogen (secondary N) is 1. The Morgan fingerprint density at radius 1 is 1.00 bits per heavy atom. The fourth-order valence-corrected chi connectivity index (χ4v) is 1.06. The van der Waals surface area contributed by atoms with Crippen molar-refractivity contribution < 1.29 is 0 Å². The van der Waals surface area contributed by atoms with Crippen LogP contribution in [-0.2, 0) is 0 Å². The van der Waals surface area contributed by atoms with Crippen LogP contribution in [0, 0.1) is 5.41 Å². The Labute approximate surface area is 81.7 Å². The van der Waals surface area contributed by atoms with E-state index >= 15 is 0 Å². The molecule has 0 radical (unpaired) electrons. The average Bonchev–Trinajstić information content (AvgIpc) is 1.84. The SMILES string of the molecule is CSC(C)(C)CNCC(C)(C)C. The van der Waals surface area contributed by atoms with E-state index in [1.807, 2.05) is 11.8 Å². The molecule has 12 heavy (non-hydrogen) atoms. The second-order valence-corrected chi connectivity index (χ2v) is 6.64. The van der Waals surface area contributed by atoms with Gasteiger partial charge in [0, 0.05) is 17.8 Å². The molecule has 0 bridgehead atoms. The first-order valence-electron chi connectivity index (χ1n) is 4.53. The fourth-order valence-electron chi connectivity index (χ4n) is 0.811. The lowest BCUT2D eigenvalue weighted by Crippen LogP contribution is -2.36. The third-order valence-corrected chi connectivity index (χ3v) is 3.01. The van der Waals surface area contributed by atoms with E-state index in [0.717, 1.165) is 13.1 Å². The van der Waals surface area contributed by atoms with Crippen LogP contribution >= 0.6 is 11.8 Å². The molecule has 0 aliphatic heterocycles. The smallest absolute Gasteiger partial charge is 0.0225 e. The van der Waals surface area contributed by atoms with Gasteiger partial charge < -0.3 is 5.32 Å². The lowest BCUT2D eigenvalue weighted by molar-refractivity contribution is 0.373. The standard InChI is InChI=1S/C10H23NS/c1-9(2,3)7-11-8-10(4,5)12-6/h11H,7-8H2,1-6H3. The van der Waals surface area contributed by atoms with Crippen LogP contribution in [0.2, 0.25) is 0 Å². The highest BCUT2D eigenvalue weighted by atomic mass is 32.2. The maximum Gasteiger partial charge on any atom is 0.0225 e. The molecule has 0 spiro atoms. The molecule has 2 heteroatoms. The molecule has 0 saturated heterocycles. The molecule has 1 nitrogen and oxygen atoms in total. The minimum atomic E-state index is 0.366. The monoisotopic (exact) mass is 189 g/mol. The van der Waals surface area contributed by atoms with Crippen molar-refractivity contribution in [2.24, 2.45) is 5.41 Å². The predicted molar refractivity (Wildman–Crippen MR) is 59.9 cm³/mol. The molecule has 0 unspecified atom stereocenters. The molecule has 0 rings (SSSR count). The summed E-state index contributed by atoms with van der Waals surface area (Å²) < 4.78 is 0.366. The number of thioether (sulfide) groups is 1. The summed E-state index contributed by atoms with van der Waals surface area (Å²) in [5.41, 5.74) is 0.397. The summed E-state index contributed by atoms with van der Waals surface area (Å²) in [7, 11) is 0. The highest BCUT2D eigenvalue weighted by Crippen LogP contribution is 2.20. The molecule has 0 atom stereocenters. The lowest BCUT2D eigenvalue weighted by atomic mass is 9.97. The van der Waals surface area contributed by atoms with Crippen molar-refractivity contribution in [1.29, 1.82) is 0 Å². The second kappa shape index (κ2) is 4.52. The zero-order valence-corrected chi connectivity index (χ0v) is 10.1. The molecule has 0 saturated carbocycles. The van der Waals surface area contributed by atoms with Gasteiger partial charge in [0.25, 0.3) is 0 Å². The van der Waals surface area contributed by atoms with Gasteiger partial charge in [-0.25, -0.2) is 0 Å².